The Bertz CT molecular complexity index is 1670. The Morgan fingerprint density at radius 1 is 0.450 bits per heavy atom. The number of anilines is 2. The second-order valence-electron chi connectivity index (χ2n) is 10.9. The average Bonchev–Trinajstić information content (AvgIpc) is 3.83. The first-order chi connectivity index (χ1) is 19.8. The molecule has 0 bridgehead atoms. The molecule has 6 nitrogen and oxygen atoms in total. The largest absolute Gasteiger partial charge is 0.436 e. The number of aromatic nitrogens is 2. The number of oxazole rings is 2. The number of fused-ring (bicyclic) bond motifs is 2. The average molecular weight is 527 g/mol. The van der Waals surface area contributed by atoms with Gasteiger partial charge in [0, 0.05) is 48.7 Å². The molecule has 4 aromatic carbocycles. The molecule has 2 fully saturated rings. The molecule has 2 aliphatic heterocycles. The van der Waals surface area contributed by atoms with Crippen LogP contribution in [0, 0.1) is 0 Å². The summed E-state index contributed by atoms with van der Waals surface area (Å²) in [6.45, 7) is 4.55. The molecule has 0 atom stereocenters. The Morgan fingerprint density at radius 3 is 1.23 bits per heavy atom. The molecule has 0 amide bonds. The van der Waals surface area contributed by atoms with Gasteiger partial charge in [-0.05, 0) is 110 Å². The molecule has 4 heterocycles. The van der Waals surface area contributed by atoms with Gasteiger partial charge < -0.3 is 18.6 Å². The lowest BCUT2D eigenvalue weighted by Gasteiger charge is -2.17. The smallest absolute Gasteiger partial charge is 0.227 e. The third-order valence-corrected chi connectivity index (χ3v) is 8.28. The van der Waals surface area contributed by atoms with Crippen molar-refractivity contribution in [1.29, 1.82) is 0 Å². The summed E-state index contributed by atoms with van der Waals surface area (Å²) in [7, 11) is 0. The maximum Gasteiger partial charge on any atom is 0.227 e. The van der Waals surface area contributed by atoms with Gasteiger partial charge in [-0.3, -0.25) is 0 Å². The third kappa shape index (κ3) is 4.20. The van der Waals surface area contributed by atoms with Gasteiger partial charge in [0.05, 0.1) is 0 Å². The van der Waals surface area contributed by atoms with Crippen molar-refractivity contribution in [2.45, 2.75) is 25.7 Å². The highest BCUT2D eigenvalue weighted by atomic mass is 16.4. The van der Waals surface area contributed by atoms with Crippen LogP contribution in [-0.4, -0.2) is 36.1 Å². The predicted octanol–water partition coefficient (Wildman–Crippen LogP) is 8.17. The zero-order valence-electron chi connectivity index (χ0n) is 22.3. The summed E-state index contributed by atoms with van der Waals surface area (Å²) in [5.74, 6) is 1.29. The summed E-state index contributed by atoms with van der Waals surface area (Å²) < 4.78 is 12.4. The van der Waals surface area contributed by atoms with E-state index in [9.17, 15) is 0 Å². The summed E-state index contributed by atoms with van der Waals surface area (Å²) in [6, 6.07) is 29.4. The Labute approximate surface area is 232 Å². The van der Waals surface area contributed by atoms with Crippen molar-refractivity contribution >= 4 is 33.6 Å². The van der Waals surface area contributed by atoms with Gasteiger partial charge >= 0.3 is 0 Å². The summed E-state index contributed by atoms with van der Waals surface area (Å²) in [6.07, 6.45) is 5.08. The molecule has 0 spiro atoms. The van der Waals surface area contributed by atoms with E-state index in [0.29, 0.717) is 11.8 Å². The van der Waals surface area contributed by atoms with E-state index >= 15 is 0 Å². The molecule has 6 aromatic rings. The van der Waals surface area contributed by atoms with Gasteiger partial charge in [0.1, 0.15) is 11.0 Å². The minimum absolute atomic E-state index is 0.645. The summed E-state index contributed by atoms with van der Waals surface area (Å²) >= 11 is 0. The van der Waals surface area contributed by atoms with Crippen LogP contribution >= 0.6 is 0 Å². The Hall–Kier alpha value is -4.58. The molecule has 198 valence electrons. The van der Waals surface area contributed by atoms with E-state index in [1.807, 2.05) is 12.1 Å². The maximum atomic E-state index is 6.21. The van der Waals surface area contributed by atoms with Gasteiger partial charge in [0.25, 0.3) is 0 Å². The highest BCUT2D eigenvalue weighted by Crippen LogP contribution is 2.33. The molecule has 6 heteroatoms. The predicted molar refractivity (Wildman–Crippen MR) is 161 cm³/mol. The van der Waals surface area contributed by atoms with E-state index in [0.717, 1.165) is 70.6 Å². The van der Waals surface area contributed by atoms with Gasteiger partial charge in [0.2, 0.25) is 11.8 Å². The lowest BCUT2D eigenvalue weighted by molar-refractivity contribution is 0.619. The molecule has 2 saturated heterocycles. The SMILES string of the molecule is c1cc2nc(-c3ccc(N4CCCC4)cc3)oc2cc1-c1ccc2nc(-c3ccc(N4CCCC4)cc3)oc2c1. The number of hydrogen-bond donors (Lipinski definition) is 0. The van der Waals surface area contributed by atoms with E-state index in [2.05, 4.69) is 82.6 Å². The van der Waals surface area contributed by atoms with Crippen LogP contribution in [0.5, 0.6) is 0 Å². The molecule has 2 aromatic heterocycles. The van der Waals surface area contributed by atoms with Crippen LogP contribution in [0.2, 0.25) is 0 Å². The molecular formula is C34H30N4O2. The van der Waals surface area contributed by atoms with E-state index in [-0.39, 0.29) is 0 Å². The van der Waals surface area contributed by atoms with Gasteiger partial charge in [-0.2, -0.15) is 0 Å². The molecular weight excluding hydrogens is 496 g/mol. The van der Waals surface area contributed by atoms with Crippen LogP contribution in [0.25, 0.3) is 56.2 Å². The summed E-state index contributed by atoms with van der Waals surface area (Å²) in [4.78, 5) is 14.4. The van der Waals surface area contributed by atoms with Crippen molar-refractivity contribution in [2.24, 2.45) is 0 Å². The van der Waals surface area contributed by atoms with Crippen LogP contribution in [0.15, 0.2) is 93.8 Å². The fraction of sp³-hybridized carbons (Fsp3) is 0.235. The van der Waals surface area contributed by atoms with Crippen molar-refractivity contribution in [1.82, 2.24) is 9.97 Å². The van der Waals surface area contributed by atoms with E-state index in [1.54, 1.807) is 0 Å². The maximum absolute atomic E-state index is 6.21. The Kier molecular flexibility index (Phi) is 5.57. The number of nitrogens with zero attached hydrogens (tertiary/aromatic N) is 4. The molecule has 0 radical (unpaired) electrons. The second-order valence-corrected chi connectivity index (χ2v) is 10.9. The highest BCUT2D eigenvalue weighted by Gasteiger charge is 2.16. The Morgan fingerprint density at radius 2 is 0.825 bits per heavy atom. The molecule has 8 rings (SSSR count). The summed E-state index contributed by atoms with van der Waals surface area (Å²) in [5.41, 5.74) is 9.86. The molecule has 0 aliphatic carbocycles. The Balaban J connectivity index is 1.05. The standard InChI is InChI=1S/C34H30N4O2/c1-2-18-37(17-1)27-11-5-23(6-12-27)33-35-29-15-9-25(21-31(29)39-33)26-10-16-30-32(22-26)40-34(36-30)24-7-13-28(14-8-24)38-19-3-4-20-38/h5-16,21-22H,1-4,17-20H2. The molecule has 0 N–H and O–H groups in total. The van der Waals surface area contributed by atoms with Crippen molar-refractivity contribution < 1.29 is 8.83 Å². The van der Waals surface area contributed by atoms with Gasteiger partial charge in [-0.1, -0.05) is 12.1 Å². The highest BCUT2D eigenvalue weighted by molar-refractivity contribution is 5.86. The van der Waals surface area contributed by atoms with Crippen molar-refractivity contribution in [3.05, 3.63) is 84.9 Å². The first-order valence-corrected chi connectivity index (χ1v) is 14.3. The van der Waals surface area contributed by atoms with Gasteiger partial charge in [-0.25, -0.2) is 9.97 Å². The van der Waals surface area contributed by atoms with Gasteiger partial charge in [-0.15, -0.1) is 0 Å². The van der Waals surface area contributed by atoms with E-state index in [1.165, 1.54) is 37.1 Å². The molecule has 40 heavy (non-hydrogen) atoms. The quantitative estimate of drug-likeness (QED) is 0.226. The van der Waals surface area contributed by atoms with Crippen molar-refractivity contribution in [3.63, 3.8) is 0 Å². The normalized spacial score (nSPS) is 15.6. The zero-order valence-corrected chi connectivity index (χ0v) is 22.3. The third-order valence-electron chi connectivity index (χ3n) is 8.28. The second kappa shape index (κ2) is 9.56. The lowest BCUT2D eigenvalue weighted by Crippen LogP contribution is -2.17. The fourth-order valence-corrected chi connectivity index (χ4v) is 6.04. The lowest BCUT2D eigenvalue weighted by atomic mass is 10.1. The van der Waals surface area contributed by atoms with Crippen LogP contribution in [0.3, 0.4) is 0 Å². The zero-order chi connectivity index (χ0) is 26.5. The van der Waals surface area contributed by atoms with Crippen LogP contribution in [-0.2, 0) is 0 Å². The number of rotatable bonds is 5. The van der Waals surface area contributed by atoms with Crippen molar-refractivity contribution in [2.75, 3.05) is 36.0 Å². The molecule has 2 aliphatic rings. The minimum atomic E-state index is 0.645. The fourth-order valence-electron chi connectivity index (χ4n) is 6.04. The van der Waals surface area contributed by atoms with E-state index in [4.69, 9.17) is 18.8 Å². The first kappa shape index (κ1) is 23.3. The molecule has 0 saturated carbocycles. The van der Waals surface area contributed by atoms with E-state index < -0.39 is 0 Å². The summed E-state index contributed by atoms with van der Waals surface area (Å²) in [5, 5.41) is 0. The van der Waals surface area contributed by atoms with Crippen molar-refractivity contribution in [3.8, 4) is 34.0 Å². The van der Waals surface area contributed by atoms with Crippen LogP contribution < -0.4 is 9.80 Å². The van der Waals surface area contributed by atoms with Crippen LogP contribution in [0.1, 0.15) is 25.7 Å². The monoisotopic (exact) mass is 526 g/mol. The topological polar surface area (TPSA) is 58.5 Å². The number of benzene rings is 4. The van der Waals surface area contributed by atoms with Crippen LogP contribution in [0.4, 0.5) is 11.4 Å². The first-order valence-electron chi connectivity index (χ1n) is 14.3. The van der Waals surface area contributed by atoms with Gasteiger partial charge in [0.15, 0.2) is 11.2 Å². The minimum Gasteiger partial charge on any atom is -0.436 e. The number of hydrogen-bond acceptors (Lipinski definition) is 6. The molecule has 0 unspecified atom stereocenters.